The molecule has 18 heavy (non-hydrogen) atoms. The smallest absolute Gasteiger partial charge is 0.266 e. The van der Waals surface area contributed by atoms with Crippen LogP contribution in [0.3, 0.4) is 0 Å². The highest BCUT2D eigenvalue weighted by atomic mass is 16.5. The number of nitrogens with zero attached hydrogens (tertiary/aromatic N) is 3. The molecule has 1 aromatic heterocycles. The highest BCUT2D eigenvalue weighted by molar-refractivity contribution is 5.28. The Hall–Kier alpha value is -1.10. The van der Waals surface area contributed by atoms with Crippen LogP contribution < -0.4 is 10.6 Å². The van der Waals surface area contributed by atoms with E-state index in [1.54, 1.807) is 0 Å². The molecule has 0 radical (unpaired) electrons. The zero-order chi connectivity index (χ0) is 12.4. The van der Waals surface area contributed by atoms with Crippen LogP contribution in [-0.4, -0.2) is 29.3 Å². The second-order valence-electron chi connectivity index (χ2n) is 5.59. The topological polar surface area (TPSA) is 68.2 Å². The molecule has 0 spiro atoms. The molecule has 0 bridgehead atoms. The van der Waals surface area contributed by atoms with E-state index in [2.05, 4.69) is 15.0 Å². The van der Waals surface area contributed by atoms with Crippen molar-refractivity contribution >= 4 is 5.95 Å². The van der Waals surface area contributed by atoms with Gasteiger partial charge >= 0.3 is 0 Å². The number of anilines is 1. The Bertz CT molecular complexity index is 378. The number of rotatable bonds is 2. The number of piperidine rings is 1. The quantitative estimate of drug-likeness (QED) is 0.870. The molecule has 0 amide bonds. The molecule has 5 nitrogen and oxygen atoms in total. The number of hydrogen-bond donors (Lipinski definition) is 1. The van der Waals surface area contributed by atoms with Crippen LogP contribution in [0.25, 0.3) is 0 Å². The van der Waals surface area contributed by atoms with E-state index in [1.807, 2.05) is 0 Å². The lowest BCUT2D eigenvalue weighted by Crippen LogP contribution is -2.30. The van der Waals surface area contributed by atoms with Gasteiger partial charge in [0, 0.05) is 25.0 Å². The lowest BCUT2D eigenvalue weighted by atomic mass is 9.86. The van der Waals surface area contributed by atoms with E-state index < -0.39 is 0 Å². The third-order valence-corrected chi connectivity index (χ3v) is 4.19. The predicted molar refractivity (Wildman–Crippen MR) is 69.5 cm³/mol. The molecule has 0 unspecified atom stereocenters. The summed E-state index contributed by atoms with van der Waals surface area (Å²) in [5.74, 6) is 2.04. The van der Waals surface area contributed by atoms with Crippen LogP contribution in [0.5, 0.6) is 0 Å². The third-order valence-electron chi connectivity index (χ3n) is 4.19. The van der Waals surface area contributed by atoms with Gasteiger partial charge in [0.25, 0.3) is 5.95 Å². The second-order valence-corrected chi connectivity index (χ2v) is 5.59. The van der Waals surface area contributed by atoms with Crippen molar-refractivity contribution in [3.8, 4) is 0 Å². The standard InChI is InChI=1S/C13H22N4O/c14-11-6-4-10(5-7-11)12-15-13(16-18-12)17-8-2-1-3-9-17/h10-11H,1-9,14H2. The van der Waals surface area contributed by atoms with Gasteiger partial charge < -0.3 is 15.2 Å². The first-order valence-corrected chi connectivity index (χ1v) is 7.17. The van der Waals surface area contributed by atoms with Crippen molar-refractivity contribution in [2.24, 2.45) is 5.73 Å². The van der Waals surface area contributed by atoms with Gasteiger partial charge in [-0.2, -0.15) is 4.98 Å². The van der Waals surface area contributed by atoms with E-state index >= 15 is 0 Å². The molecular weight excluding hydrogens is 228 g/mol. The largest absolute Gasteiger partial charge is 0.338 e. The number of hydrogen-bond acceptors (Lipinski definition) is 5. The molecule has 1 saturated carbocycles. The van der Waals surface area contributed by atoms with Gasteiger partial charge in [-0.3, -0.25) is 0 Å². The van der Waals surface area contributed by atoms with Crippen LogP contribution in [0.15, 0.2) is 4.52 Å². The summed E-state index contributed by atoms with van der Waals surface area (Å²) >= 11 is 0. The van der Waals surface area contributed by atoms with E-state index in [0.29, 0.717) is 12.0 Å². The summed E-state index contributed by atoms with van der Waals surface area (Å²) < 4.78 is 5.45. The Morgan fingerprint density at radius 2 is 1.78 bits per heavy atom. The Balaban J connectivity index is 1.65. The molecule has 1 aliphatic carbocycles. The summed E-state index contributed by atoms with van der Waals surface area (Å²) in [6.07, 6.45) is 8.12. The summed E-state index contributed by atoms with van der Waals surface area (Å²) in [7, 11) is 0. The molecule has 2 N–H and O–H groups in total. The Morgan fingerprint density at radius 1 is 1.06 bits per heavy atom. The maximum atomic E-state index is 5.92. The minimum atomic E-state index is 0.366. The SMILES string of the molecule is NC1CCC(c2nc(N3CCCCC3)no2)CC1. The van der Waals surface area contributed by atoms with Gasteiger partial charge in [-0.15, -0.1) is 0 Å². The molecule has 0 aromatic carbocycles. The molecule has 2 fully saturated rings. The van der Waals surface area contributed by atoms with Gasteiger partial charge in [0.1, 0.15) is 0 Å². The van der Waals surface area contributed by atoms with Crippen molar-refractivity contribution in [3.63, 3.8) is 0 Å². The Morgan fingerprint density at radius 3 is 2.50 bits per heavy atom. The van der Waals surface area contributed by atoms with Gasteiger partial charge in [0.2, 0.25) is 5.89 Å². The van der Waals surface area contributed by atoms with Crippen molar-refractivity contribution in [1.29, 1.82) is 0 Å². The lowest BCUT2D eigenvalue weighted by Gasteiger charge is -2.25. The molecular formula is C13H22N4O. The predicted octanol–water partition coefficient (Wildman–Crippen LogP) is 2.04. The first-order valence-electron chi connectivity index (χ1n) is 7.17. The number of aromatic nitrogens is 2. The van der Waals surface area contributed by atoms with E-state index in [1.165, 1.54) is 19.3 Å². The molecule has 1 aliphatic heterocycles. The minimum absolute atomic E-state index is 0.366. The highest BCUT2D eigenvalue weighted by Gasteiger charge is 2.26. The fourth-order valence-electron chi connectivity index (χ4n) is 2.98. The third kappa shape index (κ3) is 2.51. The molecule has 100 valence electrons. The first-order chi connectivity index (χ1) is 8.83. The normalized spacial score (nSPS) is 29.5. The summed E-state index contributed by atoms with van der Waals surface area (Å²) in [4.78, 5) is 6.83. The molecule has 5 heteroatoms. The van der Waals surface area contributed by atoms with Gasteiger partial charge in [0.15, 0.2) is 0 Å². The van der Waals surface area contributed by atoms with Crippen molar-refractivity contribution in [2.45, 2.75) is 56.9 Å². The van der Waals surface area contributed by atoms with Crippen molar-refractivity contribution in [1.82, 2.24) is 10.1 Å². The zero-order valence-electron chi connectivity index (χ0n) is 10.8. The summed E-state index contributed by atoms with van der Waals surface area (Å²) in [6, 6.07) is 0.366. The fraction of sp³-hybridized carbons (Fsp3) is 0.846. The van der Waals surface area contributed by atoms with Crippen LogP contribution in [0, 0.1) is 0 Å². The van der Waals surface area contributed by atoms with Crippen LogP contribution in [0.2, 0.25) is 0 Å². The van der Waals surface area contributed by atoms with E-state index in [0.717, 1.165) is 50.6 Å². The summed E-state index contributed by atoms with van der Waals surface area (Å²) in [5.41, 5.74) is 5.92. The van der Waals surface area contributed by atoms with Gasteiger partial charge in [0.05, 0.1) is 0 Å². The first kappa shape index (κ1) is 12.0. The molecule has 1 aromatic rings. The van der Waals surface area contributed by atoms with Crippen LogP contribution in [0.4, 0.5) is 5.95 Å². The van der Waals surface area contributed by atoms with E-state index in [9.17, 15) is 0 Å². The molecule has 3 rings (SSSR count). The van der Waals surface area contributed by atoms with Crippen LogP contribution in [0.1, 0.15) is 56.8 Å². The molecule has 2 heterocycles. The summed E-state index contributed by atoms with van der Waals surface area (Å²) in [5, 5.41) is 4.14. The minimum Gasteiger partial charge on any atom is -0.338 e. The van der Waals surface area contributed by atoms with Crippen molar-refractivity contribution < 1.29 is 4.52 Å². The number of nitrogens with two attached hydrogens (primary N) is 1. The second kappa shape index (κ2) is 5.26. The zero-order valence-corrected chi connectivity index (χ0v) is 10.8. The maximum Gasteiger partial charge on any atom is 0.266 e. The highest BCUT2D eigenvalue weighted by Crippen LogP contribution is 2.32. The van der Waals surface area contributed by atoms with Crippen molar-refractivity contribution in [3.05, 3.63) is 5.89 Å². The fourth-order valence-corrected chi connectivity index (χ4v) is 2.98. The maximum absolute atomic E-state index is 5.92. The van der Waals surface area contributed by atoms with Gasteiger partial charge in [-0.25, -0.2) is 0 Å². The van der Waals surface area contributed by atoms with Crippen molar-refractivity contribution in [2.75, 3.05) is 18.0 Å². The Kier molecular flexibility index (Phi) is 3.50. The molecule has 2 aliphatic rings. The van der Waals surface area contributed by atoms with Gasteiger partial charge in [-0.1, -0.05) is 0 Å². The van der Waals surface area contributed by atoms with Crippen LogP contribution in [-0.2, 0) is 0 Å². The summed E-state index contributed by atoms with van der Waals surface area (Å²) in [6.45, 7) is 2.13. The monoisotopic (exact) mass is 250 g/mol. The average molecular weight is 250 g/mol. The van der Waals surface area contributed by atoms with E-state index in [4.69, 9.17) is 10.3 Å². The average Bonchev–Trinajstić information content (AvgIpc) is 2.90. The van der Waals surface area contributed by atoms with Gasteiger partial charge in [-0.05, 0) is 50.1 Å². The molecule has 0 atom stereocenters. The Labute approximate surface area is 108 Å². The van der Waals surface area contributed by atoms with E-state index in [-0.39, 0.29) is 0 Å². The molecule has 1 saturated heterocycles. The van der Waals surface area contributed by atoms with Crippen LogP contribution >= 0.6 is 0 Å². The lowest BCUT2D eigenvalue weighted by molar-refractivity contribution is 0.301.